The van der Waals surface area contributed by atoms with Crippen molar-refractivity contribution < 1.29 is 9.72 Å². The molecule has 0 fully saturated rings. The lowest BCUT2D eigenvalue weighted by molar-refractivity contribution is -0.380. The molecular weight excluding hydrogens is 290 g/mol. The fourth-order valence-corrected chi connectivity index (χ4v) is 2.18. The van der Waals surface area contributed by atoms with E-state index in [1.807, 2.05) is 0 Å². The van der Waals surface area contributed by atoms with Crippen molar-refractivity contribution in [2.24, 2.45) is 0 Å². The van der Waals surface area contributed by atoms with Gasteiger partial charge in [-0.05, 0) is 17.7 Å². The van der Waals surface area contributed by atoms with Crippen LogP contribution in [0.15, 0.2) is 30.5 Å². The van der Waals surface area contributed by atoms with Gasteiger partial charge >= 0.3 is 5.00 Å². The minimum atomic E-state index is -0.523. The molecule has 2 rings (SSSR count). The zero-order chi connectivity index (χ0) is 13.8. The van der Waals surface area contributed by atoms with E-state index in [2.05, 4.69) is 10.3 Å². The second-order valence-corrected chi connectivity index (χ2v) is 5.02. The number of amides is 1. The van der Waals surface area contributed by atoms with Crippen molar-refractivity contribution in [2.45, 2.75) is 6.54 Å². The predicted molar refractivity (Wildman–Crippen MR) is 71.4 cm³/mol. The molecule has 0 aromatic carbocycles. The molecule has 0 aliphatic heterocycles. The summed E-state index contributed by atoms with van der Waals surface area (Å²) in [6, 6.07) is 6.10. The van der Waals surface area contributed by atoms with Gasteiger partial charge in [-0.25, -0.2) is 4.98 Å². The molecule has 0 atom stereocenters. The van der Waals surface area contributed by atoms with Gasteiger partial charge in [-0.3, -0.25) is 14.9 Å². The Bertz CT molecular complexity index is 612. The van der Waals surface area contributed by atoms with Crippen molar-refractivity contribution in [3.8, 4) is 0 Å². The van der Waals surface area contributed by atoms with Gasteiger partial charge in [0.2, 0.25) is 0 Å². The summed E-state index contributed by atoms with van der Waals surface area (Å²) in [6.07, 6.45) is 1.56. The fraction of sp³-hybridized carbons (Fsp3) is 0.0909. The number of carbonyl (C=O) groups excluding carboxylic acids is 1. The van der Waals surface area contributed by atoms with Gasteiger partial charge in [-0.15, -0.1) is 0 Å². The SMILES string of the molecule is O=C(NCc1ccc(Cl)nc1)c1ccc([N+](=O)[O-])s1. The summed E-state index contributed by atoms with van der Waals surface area (Å²) in [5, 5.41) is 13.5. The van der Waals surface area contributed by atoms with Crippen LogP contribution in [-0.4, -0.2) is 15.8 Å². The Kier molecular flexibility index (Phi) is 4.08. The van der Waals surface area contributed by atoms with Crippen molar-refractivity contribution in [1.29, 1.82) is 0 Å². The Morgan fingerprint density at radius 3 is 2.79 bits per heavy atom. The van der Waals surface area contributed by atoms with Crippen molar-refractivity contribution >= 4 is 33.8 Å². The fourth-order valence-electron chi connectivity index (χ4n) is 1.33. The average Bonchev–Trinajstić information content (AvgIpc) is 2.87. The van der Waals surface area contributed by atoms with Crippen LogP contribution in [0.2, 0.25) is 5.15 Å². The van der Waals surface area contributed by atoms with Crippen LogP contribution in [-0.2, 0) is 6.54 Å². The van der Waals surface area contributed by atoms with Gasteiger partial charge in [0.1, 0.15) is 5.15 Å². The number of halogens is 1. The van der Waals surface area contributed by atoms with Gasteiger partial charge in [0.15, 0.2) is 0 Å². The van der Waals surface area contributed by atoms with Crippen LogP contribution in [0.5, 0.6) is 0 Å². The monoisotopic (exact) mass is 297 g/mol. The quantitative estimate of drug-likeness (QED) is 0.534. The minimum Gasteiger partial charge on any atom is -0.347 e. The van der Waals surface area contributed by atoms with Gasteiger partial charge < -0.3 is 5.32 Å². The van der Waals surface area contributed by atoms with Crippen molar-refractivity contribution in [3.63, 3.8) is 0 Å². The van der Waals surface area contributed by atoms with Crippen LogP contribution < -0.4 is 5.32 Å². The van der Waals surface area contributed by atoms with E-state index in [4.69, 9.17) is 11.6 Å². The molecule has 0 saturated heterocycles. The predicted octanol–water partition coefficient (Wildman–Crippen LogP) is 2.63. The molecule has 0 bridgehead atoms. The number of nitrogens with one attached hydrogen (secondary N) is 1. The lowest BCUT2D eigenvalue weighted by atomic mass is 10.3. The topological polar surface area (TPSA) is 85.1 Å². The molecular formula is C11H8ClN3O3S. The molecule has 8 heteroatoms. The van der Waals surface area contributed by atoms with Gasteiger partial charge in [-0.2, -0.15) is 0 Å². The molecule has 1 N–H and O–H groups in total. The van der Waals surface area contributed by atoms with Gasteiger partial charge in [0.25, 0.3) is 5.91 Å². The lowest BCUT2D eigenvalue weighted by Gasteiger charge is -2.03. The smallest absolute Gasteiger partial charge is 0.324 e. The van der Waals surface area contributed by atoms with Crippen molar-refractivity contribution in [1.82, 2.24) is 10.3 Å². The Morgan fingerprint density at radius 1 is 1.42 bits per heavy atom. The summed E-state index contributed by atoms with van der Waals surface area (Å²) in [4.78, 5) is 25.9. The molecule has 0 aliphatic rings. The number of thiophene rings is 1. The molecule has 2 aromatic heterocycles. The normalized spacial score (nSPS) is 10.2. The van der Waals surface area contributed by atoms with Crippen molar-refractivity contribution in [2.75, 3.05) is 0 Å². The number of rotatable bonds is 4. The van der Waals surface area contributed by atoms with Gasteiger partial charge in [0, 0.05) is 18.8 Å². The summed E-state index contributed by atoms with van der Waals surface area (Å²) in [5.74, 6) is -0.354. The second-order valence-electron chi connectivity index (χ2n) is 3.57. The van der Waals surface area contributed by atoms with Crippen LogP contribution >= 0.6 is 22.9 Å². The largest absolute Gasteiger partial charge is 0.347 e. The highest BCUT2D eigenvalue weighted by Gasteiger charge is 2.14. The zero-order valence-electron chi connectivity index (χ0n) is 9.50. The number of nitro groups is 1. The van der Waals surface area contributed by atoms with Gasteiger partial charge in [-0.1, -0.05) is 29.0 Å². The first kappa shape index (κ1) is 13.4. The van der Waals surface area contributed by atoms with E-state index in [0.717, 1.165) is 16.9 Å². The maximum atomic E-state index is 11.8. The highest BCUT2D eigenvalue weighted by molar-refractivity contribution is 7.17. The number of pyridine rings is 1. The van der Waals surface area contributed by atoms with E-state index in [1.54, 1.807) is 18.3 Å². The van der Waals surface area contributed by atoms with E-state index in [-0.39, 0.29) is 17.5 Å². The van der Waals surface area contributed by atoms with E-state index >= 15 is 0 Å². The van der Waals surface area contributed by atoms with Crippen LogP contribution in [0, 0.1) is 10.1 Å². The van der Waals surface area contributed by atoms with Crippen molar-refractivity contribution in [3.05, 3.63) is 56.2 Å². The summed E-state index contributed by atoms with van der Waals surface area (Å²) in [6.45, 7) is 0.286. The third kappa shape index (κ3) is 3.49. The Hall–Kier alpha value is -1.99. The van der Waals surface area contributed by atoms with E-state index in [1.165, 1.54) is 12.1 Å². The number of carbonyl (C=O) groups is 1. The summed E-state index contributed by atoms with van der Waals surface area (Å²) in [5.41, 5.74) is 0.795. The maximum Gasteiger partial charge on any atom is 0.324 e. The zero-order valence-corrected chi connectivity index (χ0v) is 11.1. The van der Waals surface area contributed by atoms with Gasteiger partial charge in [0.05, 0.1) is 9.80 Å². The third-order valence-corrected chi connectivity index (χ3v) is 3.50. The summed E-state index contributed by atoms with van der Waals surface area (Å²) < 4.78 is 0. The van der Waals surface area contributed by atoms with E-state index in [9.17, 15) is 14.9 Å². The Morgan fingerprint density at radius 2 is 2.21 bits per heavy atom. The molecule has 0 unspecified atom stereocenters. The third-order valence-electron chi connectivity index (χ3n) is 2.24. The standard InChI is InChI=1S/C11H8ClN3O3S/c12-9-3-1-7(5-13-9)6-14-11(16)8-2-4-10(19-8)15(17)18/h1-5H,6H2,(H,14,16). The Labute approximate surface area is 117 Å². The number of aromatic nitrogens is 1. The molecule has 98 valence electrons. The van der Waals surface area contributed by atoms with Crippen LogP contribution in [0.4, 0.5) is 5.00 Å². The summed E-state index contributed by atoms with van der Waals surface area (Å²) in [7, 11) is 0. The molecule has 0 radical (unpaired) electrons. The van der Waals surface area contributed by atoms with E-state index < -0.39 is 4.92 Å². The first-order valence-corrected chi connectivity index (χ1v) is 6.38. The molecule has 19 heavy (non-hydrogen) atoms. The minimum absolute atomic E-state index is 0.0571. The lowest BCUT2D eigenvalue weighted by Crippen LogP contribution is -2.21. The van der Waals surface area contributed by atoms with Crippen LogP contribution in [0.1, 0.15) is 15.2 Å². The van der Waals surface area contributed by atoms with Crippen LogP contribution in [0.25, 0.3) is 0 Å². The highest BCUT2D eigenvalue weighted by atomic mass is 35.5. The first-order chi connectivity index (χ1) is 9.06. The average molecular weight is 298 g/mol. The van der Waals surface area contributed by atoms with E-state index in [0.29, 0.717) is 10.0 Å². The molecule has 0 aliphatic carbocycles. The Balaban J connectivity index is 1.97. The first-order valence-electron chi connectivity index (χ1n) is 5.19. The number of hydrogen-bond donors (Lipinski definition) is 1. The number of nitrogens with zero attached hydrogens (tertiary/aromatic N) is 2. The molecule has 2 heterocycles. The summed E-state index contributed by atoms with van der Waals surface area (Å²) >= 11 is 6.48. The molecule has 1 amide bonds. The van der Waals surface area contributed by atoms with Crippen LogP contribution in [0.3, 0.4) is 0 Å². The molecule has 6 nitrogen and oxygen atoms in total. The number of hydrogen-bond acceptors (Lipinski definition) is 5. The molecule has 0 spiro atoms. The molecule has 0 saturated carbocycles. The second kappa shape index (κ2) is 5.77. The molecule has 2 aromatic rings. The highest BCUT2D eigenvalue weighted by Crippen LogP contribution is 2.23. The maximum absolute atomic E-state index is 11.8.